The summed E-state index contributed by atoms with van der Waals surface area (Å²) < 4.78 is 36.8. The number of benzene rings is 1. The molecule has 0 radical (unpaired) electrons. The van der Waals surface area contributed by atoms with E-state index in [1.54, 1.807) is 4.90 Å². The molecule has 0 amide bonds. The Hall–Kier alpha value is -1.63. The molecule has 20 heavy (non-hydrogen) atoms. The van der Waals surface area contributed by atoms with Gasteiger partial charge in [-0.25, -0.2) is 12.8 Å². The Labute approximate surface area is 116 Å². The van der Waals surface area contributed by atoms with Gasteiger partial charge in [-0.15, -0.1) is 0 Å². The van der Waals surface area contributed by atoms with Crippen molar-refractivity contribution in [3.8, 4) is 0 Å². The van der Waals surface area contributed by atoms with E-state index < -0.39 is 27.5 Å². The number of aliphatic carboxylic acids is 1. The van der Waals surface area contributed by atoms with E-state index in [0.29, 0.717) is 25.1 Å². The van der Waals surface area contributed by atoms with Gasteiger partial charge in [-0.1, -0.05) is 0 Å². The van der Waals surface area contributed by atoms with Gasteiger partial charge in [0.2, 0.25) is 0 Å². The van der Waals surface area contributed by atoms with Crippen LogP contribution >= 0.6 is 0 Å². The quantitative estimate of drug-likeness (QED) is 0.916. The number of rotatable bonds is 3. The minimum atomic E-state index is -3.57. The van der Waals surface area contributed by atoms with Crippen molar-refractivity contribution >= 4 is 21.5 Å². The van der Waals surface area contributed by atoms with Crippen molar-refractivity contribution in [3.63, 3.8) is 0 Å². The van der Waals surface area contributed by atoms with Crippen LogP contribution in [0.25, 0.3) is 0 Å². The number of carbonyl (C=O) groups is 1. The molecule has 1 saturated heterocycles. The van der Waals surface area contributed by atoms with Gasteiger partial charge < -0.3 is 10.0 Å². The molecular weight excluding hydrogens is 285 g/mol. The first-order chi connectivity index (χ1) is 9.29. The van der Waals surface area contributed by atoms with Gasteiger partial charge in [0.25, 0.3) is 0 Å². The fourth-order valence-electron chi connectivity index (χ4n) is 2.44. The summed E-state index contributed by atoms with van der Waals surface area (Å²) in [7, 11) is -3.57. The van der Waals surface area contributed by atoms with Crippen molar-refractivity contribution in [1.29, 1.82) is 0 Å². The van der Waals surface area contributed by atoms with Crippen LogP contribution in [0.5, 0.6) is 0 Å². The van der Waals surface area contributed by atoms with Crippen LogP contribution in [-0.2, 0) is 14.6 Å². The maximum absolute atomic E-state index is 13.3. The second-order valence-corrected chi connectivity index (χ2v) is 6.99. The average Bonchev–Trinajstić information content (AvgIpc) is 2.37. The van der Waals surface area contributed by atoms with E-state index in [-0.39, 0.29) is 11.4 Å². The highest BCUT2D eigenvalue weighted by Crippen LogP contribution is 2.30. The summed E-state index contributed by atoms with van der Waals surface area (Å²) in [5.41, 5.74) is 0.375. The van der Waals surface area contributed by atoms with E-state index in [2.05, 4.69) is 0 Å². The van der Waals surface area contributed by atoms with Crippen molar-refractivity contribution in [1.82, 2.24) is 0 Å². The number of anilines is 1. The molecule has 0 unspecified atom stereocenters. The number of sulfone groups is 1. The molecular formula is C13H16FNO4S. The molecule has 1 fully saturated rings. The highest BCUT2D eigenvalue weighted by atomic mass is 32.2. The molecule has 110 valence electrons. The molecule has 1 atom stereocenters. The molecule has 0 aliphatic carbocycles. The Kier molecular flexibility index (Phi) is 3.99. The number of piperidine rings is 1. The zero-order valence-corrected chi connectivity index (χ0v) is 11.9. The molecule has 5 nitrogen and oxygen atoms in total. The predicted molar refractivity (Wildman–Crippen MR) is 72.1 cm³/mol. The summed E-state index contributed by atoms with van der Waals surface area (Å²) in [6.07, 6.45) is 2.25. The predicted octanol–water partition coefficient (Wildman–Crippen LogP) is 1.53. The second kappa shape index (κ2) is 5.40. The van der Waals surface area contributed by atoms with Gasteiger partial charge >= 0.3 is 5.97 Å². The van der Waals surface area contributed by atoms with E-state index in [0.717, 1.165) is 12.3 Å². The third-order valence-corrected chi connectivity index (χ3v) is 4.56. The summed E-state index contributed by atoms with van der Waals surface area (Å²) in [6, 6.07) is 3.57. The van der Waals surface area contributed by atoms with Crippen LogP contribution < -0.4 is 4.90 Å². The Balaban J connectivity index is 2.40. The van der Waals surface area contributed by atoms with Crippen LogP contribution in [0.15, 0.2) is 23.1 Å². The standard InChI is InChI=1S/C13H16FNO4S/c1-20(18,19)12-7-10(14)4-5-11(12)15-6-2-3-9(8-15)13(16)17/h4-5,7,9H,2-3,6,8H2,1H3,(H,16,17)/t9-/m1/s1. The van der Waals surface area contributed by atoms with Gasteiger partial charge in [-0.2, -0.15) is 0 Å². The molecule has 0 bridgehead atoms. The lowest BCUT2D eigenvalue weighted by Crippen LogP contribution is -2.39. The Morgan fingerprint density at radius 2 is 2.15 bits per heavy atom. The smallest absolute Gasteiger partial charge is 0.308 e. The largest absolute Gasteiger partial charge is 0.481 e. The summed E-state index contributed by atoms with van der Waals surface area (Å²) in [6.45, 7) is 0.807. The molecule has 1 aliphatic heterocycles. The maximum atomic E-state index is 13.3. The van der Waals surface area contributed by atoms with Crippen molar-refractivity contribution in [2.45, 2.75) is 17.7 Å². The molecule has 1 heterocycles. The summed E-state index contributed by atoms with van der Waals surface area (Å²) in [4.78, 5) is 12.7. The third-order valence-electron chi connectivity index (χ3n) is 3.43. The molecule has 1 aromatic rings. The van der Waals surface area contributed by atoms with Gasteiger partial charge in [0.05, 0.1) is 16.5 Å². The lowest BCUT2D eigenvalue weighted by molar-refractivity contribution is -0.141. The Morgan fingerprint density at radius 3 is 2.75 bits per heavy atom. The van der Waals surface area contributed by atoms with Crippen LogP contribution in [0, 0.1) is 11.7 Å². The van der Waals surface area contributed by atoms with Crippen LogP contribution in [0.1, 0.15) is 12.8 Å². The molecule has 0 aromatic heterocycles. The number of nitrogens with zero attached hydrogens (tertiary/aromatic N) is 1. The minimum Gasteiger partial charge on any atom is -0.481 e. The number of hydrogen-bond donors (Lipinski definition) is 1. The number of carboxylic acid groups (broad SMARTS) is 1. The van der Waals surface area contributed by atoms with Crippen molar-refractivity contribution in [3.05, 3.63) is 24.0 Å². The van der Waals surface area contributed by atoms with E-state index in [1.807, 2.05) is 0 Å². The van der Waals surface area contributed by atoms with Crippen LogP contribution in [0.2, 0.25) is 0 Å². The lowest BCUT2D eigenvalue weighted by atomic mass is 9.98. The number of halogens is 1. The molecule has 2 rings (SSSR count). The maximum Gasteiger partial charge on any atom is 0.308 e. The molecule has 7 heteroatoms. The van der Waals surface area contributed by atoms with Gasteiger partial charge in [0.15, 0.2) is 9.84 Å². The molecule has 1 N–H and O–H groups in total. The lowest BCUT2D eigenvalue weighted by Gasteiger charge is -2.33. The van der Waals surface area contributed by atoms with Crippen LogP contribution in [0.3, 0.4) is 0 Å². The van der Waals surface area contributed by atoms with E-state index >= 15 is 0 Å². The summed E-state index contributed by atoms with van der Waals surface area (Å²) >= 11 is 0. The van der Waals surface area contributed by atoms with Crippen molar-refractivity contribution in [2.75, 3.05) is 24.2 Å². The Morgan fingerprint density at radius 1 is 1.45 bits per heavy atom. The van der Waals surface area contributed by atoms with Gasteiger partial charge in [0.1, 0.15) is 5.82 Å². The fourth-order valence-corrected chi connectivity index (χ4v) is 3.35. The summed E-state index contributed by atoms with van der Waals surface area (Å²) in [5.74, 6) is -2.04. The van der Waals surface area contributed by atoms with E-state index in [1.165, 1.54) is 12.1 Å². The van der Waals surface area contributed by atoms with Crippen molar-refractivity contribution < 1.29 is 22.7 Å². The number of hydrogen-bond acceptors (Lipinski definition) is 4. The van der Waals surface area contributed by atoms with E-state index in [9.17, 15) is 17.6 Å². The van der Waals surface area contributed by atoms with E-state index in [4.69, 9.17) is 5.11 Å². The minimum absolute atomic E-state index is 0.0939. The fraction of sp³-hybridized carbons (Fsp3) is 0.462. The zero-order valence-electron chi connectivity index (χ0n) is 11.0. The van der Waals surface area contributed by atoms with Gasteiger partial charge in [-0.3, -0.25) is 4.79 Å². The average molecular weight is 301 g/mol. The van der Waals surface area contributed by atoms with Crippen molar-refractivity contribution in [2.24, 2.45) is 5.92 Å². The zero-order chi connectivity index (χ0) is 14.9. The molecule has 0 spiro atoms. The molecule has 1 aromatic carbocycles. The van der Waals surface area contributed by atoms with Crippen LogP contribution in [-0.4, -0.2) is 38.8 Å². The SMILES string of the molecule is CS(=O)(=O)c1cc(F)ccc1N1CCC[C@@H](C(=O)O)C1. The Bertz CT molecular complexity index is 629. The third kappa shape index (κ3) is 3.09. The first kappa shape index (κ1) is 14.8. The van der Waals surface area contributed by atoms with Crippen LogP contribution in [0.4, 0.5) is 10.1 Å². The highest BCUT2D eigenvalue weighted by molar-refractivity contribution is 7.90. The van der Waals surface area contributed by atoms with Gasteiger partial charge in [-0.05, 0) is 31.0 Å². The first-order valence-corrected chi connectivity index (χ1v) is 8.15. The number of carboxylic acids is 1. The monoisotopic (exact) mass is 301 g/mol. The molecule has 0 saturated carbocycles. The second-order valence-electron chi connectivity index (χ2n) is 5.01. The molecule has 1 aliphatic rings. The first-order valence-electron chi connectivity index (χ1n) is 6.26. The van der Waals surface area contributed by atoms with Gasteiger partial charge in [0, 0.05) is 19.3 Å². The summed E-state index contributed by atoms with van der Waals surface area (Å²) in [5, 5.41) is 9.07. The normalized spacial score (nSPS) is 19.9. The topological polar surface area (TPSA) is 74.7 Å². The highest BCUT2D eigenvalue weighted by Gasteiger charge is 2.28.